The van der Waals surface area contributed by atoms with E-state index in [2.05, 4.69) is 31.5 Å². The number of carbonyl (C=O) groups excluding carboxylic acids is 5. The molecule has 2 atom stereocenters. The highest BCUT2D eigenvalue weighted by Gasteiger charge is 2.32. The summed E-state index contributed by atoms with van der Waals surface area (Å²) in [5.74, 6) is -0.140. The molecule has 4 aromatic carbocycles. The summed E-state index contributed by atoms with van der Waals surface area (Å²) in [6.07, 6.45) is 6.89. The Morgan fingerprint density at radius 3 is 2.12 bits per heavy atom. The lowest BCUT2D eigenvalue weighted by Gasteiger charge is -2.35. The summed E-state index contributed by atoms with van der Waals surface area (Å²) >= 11 is 0. The monoisotopic (exact) mass is 1190 g/mol. The Bertz CT molecular complexity index is 3080. The molecule has 2 saturated heterocycles. The van der Waals surface area contributed by atoms with E-state index in [9.17, 15) is 33.2 Å². The number of piperidine rings is 1. The number of carbonyl (C=O) groups is 5. The Morgan fingerprint density at radius 1 is 0.698 bits per heavy atom. The maximum atomic E-state index is 15.0. The lowest BCUT2D eigenvalue weighted by Crippen LogP contribution is -2.52. The third-order valence-corrected chi connectivity index (χ3v) is 15.9. The largest absolute Gasteiger partial charge is 0.497 e. The normalized spacial score (nSPS) is 16.0. The number of rotatable bonds is 32. The standard InChI is InChI=1S/C64H84FN9O12/c1-3-86-57-40-51(81-2)20-19-49(57)41-67-43-59(76)74-24-10-15-50(44-74)47-13-9-14-48(39-47)61(77)69-60(46-11-5-4-6-12-46)63(79)68-23-30-83-32-34-85-36-35-84-33-31-82-29-22-66-42-58(75)72-25-27-73(28-26-72)64(80)54-37-45(18-21-55(54)65)38-56-52-16-7-8-17-53(52)62(78)71-70-56/h7-9,13-14,16-21,37,39-40,46,50,60,66-67H,3-6,10-12,15,22-36,38,41-44H2,1-2H3,(H,68,79)(H,69,77)(H,71,78)/t50?,60-/m1/s1. The molecular weight excluding hydrogens is 1110 g/mol. The average molecular weight is 1190 g/mol. The SMILES string of the molecule is CCOc1cc(OC)ccc1CNCC(=O)N1CCCC(c2cccc(C(=O)N[C@@H](C(=O)NCCOCCOCCOCCOCCNCC(=O)N3CCN(C(=O)c4cc(Cc5n[nH]c(=O)c6ccccc56)ccc4F)CC3)C3CCCCC3)c2)C1. The van der Waals surface area contributed by atoms with Gasteiger partial charge in [-0.25, -0.2) is 9.49 Å². The van der Waals surface area contributed by atoms with Crippen LogP contribution in [0.25, 0.3) is 10.8 Å². The molecule has 22 heteroatoms. The minimum Gasteiger partial charge on any atom is -0.497 e. The third-order valence-electron chi connectivity index (χ3n) is 15.9. The zero-order chi connectivity index (χ0) is 60.5. The molecule has 3 heterocycles. The van der Waals surface area contributed by atoms with E-state index in [1.54, 1.807) is 41.2 Å². The van der Waals surface area contributed by atoms with Gasteiger partial charge in [-0.15, -0.1) is 0 Å². The molecular formula is C64H84FN9O12. The van der Waals surface area contributed by atoms with Crippen LogP contribution in [0.3, 0.4) is 0 Å². The average Bonchev–Trinajstić information content (AvgIpc) is 2.23. The minimum atomic E-state index is -0.678. The molecule has 2 aliphatic heterocycles. The number of fused-ring (bicyclic) bond motifs is 1. The van der Waals surface area contributed by atoms with Gasteiger partial charge in [0.15, 0.2) is 0 Å². The van der Waals surface area contributed by atoms with Crippen LogP contribution in [0.2, 0.25) is 0 Å². The number of benzene rings is 4. The highest BCUT2D eigenvalue weighted by atomic mass is 19.1. The van der Waals surface area contributed by atoms with Crippen molar-refractivity contribution in [2.45, 2.75) is 76.8 Å². The van der Waals surface area contributed by atoms with E-state index in [0.717, 1.165) is 61.8 Å². The van der Waals surface area contributed by atoms with Gasteiger partial charge in [0, 0.05) is 93.8 Å². The van der Waals surface area contributed by atoms with Crippen molar-refractivity contribution < 1.29 is 56.8 Å². The first kappa shape index (κ1) is 64.7. The number of piperazine rings is 1. The fourth-order valence-electron chi connectivity index (χ4n) is 11.3. The number of ether oxygens (including phenoxy) is 6. The van der Waals surface area contributed by atoms with E-state index in [0.29, 0.717) is 132 Å². The van der Waals surface area contributed by atoms with Crippen LogP contribution in [0.1, 0.15) is 101 Å². The van der Waals surface area contributed by atoms with Gasteiger partial charge in [-0.1, -0.05) is 61.7 Å². The summed E-state index contributed by atoms with van der Waals surface area (Å²) in [5, 5.41) is 20.4. The van der Waals surface area contributed by atoms with Crippen LogP contribution in [0, 0.1) is 11.7 Å². The molecule has 21 nitrogen and oxygen atoms in total. The predicted octanol–water partition coefficient (Wildman–Crippen LogP) is 4.99. The molecule has 5 N–H and O–H groups in total. The molecule has 464 valence electrons. The molecule has 1 saturated carbocycles. The molecule has 3 aliphatic rings. The van der Waals surface area contributed by atoms with Gasteiger partial charge in [0.2, 0.25) is 17.7 Å². The van der Waals surface area contributed by atoms with E-state index in [1.165, 1.54) is 12.1 Å². The van der Waals surface area contributed by atoms with Crippen LogP contribution in [0.15, 0.2) is 89.7 Å². The first-order chi connectivity index (χ1) is 42.0. The van der Waals surface area contributed by atoms with Crippen molar-refractivity contribution in [3.63, 3.8) is 0 Å². The van der Waals surface area contributed by atoms with Crippen LogP contribution in [-0.2, 0) is 46.3 Å². The highest BCUT2D eigenvalue weighted by Crippen LogP contribution is 2.30. The smallest absolute Gasteiger partial charge is 0.272 e. The summed E-state index contributed by atoms with van der Waals surface area (Å²) in [5.41, 5.74) is 3.36. The molecule has 0 bridgehead atoms. The number of H-pyrrole nitrogens is 1. The van der Waals surface area contributed by atoms with Crippen molar-refractivity contribution in [3.05, 3.63) is 135 Å². The third kappa shape index (κ3) is 19.1. The predicted molar refractivity (Wildman–Crippen MR) is 322 cm³/mol. The number of nitrogens with one attached hydrogen (secondary N) is 5. The van der Waals surface area contributed by atoms with Gasteiger partial charge in [0.05, 0.1) is 96.3 Å². The summed E-state index contributed by atoms with van der Waals surface area (Å²) in [6.45, 7) is 9.25. The molecule has 1 aromatic heterocycles. The quantitative estimate of drug-likeness (QED) is 0.0356. The Morgan fingerprint density at radius 2 is 1.38 bits per heavy atom. The molecule has 5 amide bonds. The summed E-state index contributed by atoms with van der Waals surface area (Å²) in [7, 11) is 1.62. The summed E-state index contributed by atoms with van der Waals surface area (Å²) in [4.78, 5) is 84.7. The van der Waals surface area contributed by atoms with E-state index < -0.39 is 17.8 Å². The van der Waals surface area contributed by atoms with Crippen molar-refractivity contribution >= 4 is 40.3 Å². The van der Waals surface area contributed by atoms with Crippen molar-refractivity contribution in [2.24, 2.45) is 5.92 Å². The Balaban J connectivity index is 0.638. The number of aromatic amines is 1. The fraction of sp³-hybridized carbons (Fsp3) is 0.516. The fourth-order valence-corrected chi connectivity index (χ4v) is 11.3. The molecule has 1 unspecified atom stereocenters. The van der Waals surface area contributed by atoms with Crippen LogP contribution in [0.5, 0.6) is 11.5 Å². The van der Waals surface area contributed by atoms with Crippen LogP contribution in [0.4, 0.5) is 4.39 Å². The van der Waals surface area contributed by atoms with Gasteiger partial charge < -0.3 is 64.4 Å². The number of hydrogen-bond acceptors (Lipinski definition) is 15. The van der Waals surface area contributed by atoms with E-state index in [4.69, 9.17) is 28.4 Å². The Kier molecular flexibility index (Phi) is 25.6. The highest BCUT2D eigenvalue weighted by molar-refractivity contribution is 5.98. The zero-order valence-electron chi connectivity index (χ0n) is 49.7. The van der Waals surface area contributed by atoms with Crippen molar-refractivity contribution in [1.29, 1.82) is 0 Å². The second-order valence-corrected chi connectivity index (χ2v) is 21.8. The maximum Gasteiger partial charge on any atom is 0.272 e. The number of likely N-dealkylation sites (tertiary alicyclic amines) is 1. The molecule has 3 fully saturated rings. The van der Waals surface area contributed by atoms with Crippen LogP contribution >= 0.6 is 0 Å². The van der Waals surface area contributed by atoms with Crippen molar-refractivity contribution in [3.8, 4) is 11.5 Å². The van der Waals surface area contributed by atoms with Crippen molar-refractivity contribution in [2.75, 3.05) is 132 Å². The first-order valence-corrected chi connectivity index (χ1v) is 30.3. The number of halogens is 1. The Labute approximate surface area is 502 Å². The van der Waals surface area contributed by atoms with E-state index >= 15 is 0 Å². The number of methoxy groups -OCH3 is 1. The second kappa shape index (κ2) is 34.1. The van der Waals surface area contributed by atoms with Crippen LogP contribution in [-0.4, -0.2) is 192 Å². The van der Waals surface area contributed by atoms with Gasteiger partial charge in [0.1, 0.15) is 23.4 Å². The molecule has 5 aromatic rings. The number of hydrogen-bond donors (Lipinski definition) is 5. The molecule has 86 heavy (non-hydrogen) atoms. The van der Waals surface area contributed by atoms with Crippen molar-refractivity contribution in [1.82, 2.24) is 46.2 Å². The Hall–Kier alpha value is -7.34. The molecule has 8 rings (SSSR count). The maximum absolute atomic E-state index is 15.0. The zero-order valence-corrected chi connectivity index (χ0v) is 49.7. The topological polar surface area (TPSA) is 244 Å². The second-order valence-electron chi connectivity index (χ2n) is 21.8. The number of nitrogens with zero attached hydrogens (tertiary/aromatic N) is 4. The molecule has 0 spiro atoms. The van der Waals surface area contributed by atoms with Gasteiger partial charge in [-0.3, -0.25) is 28.8 Å². The lowest BCUT2D eigenvalue weighted by molar-refractivity contribution is -0.132. The lowest BCUT2D eigenvalue weighted by atomic mass is 9.83. The van der Waals surface area contributed by atoms with Gasteiger partial charge in [-0.05, 0) is 86.1 Å². The number of amides is 5. The van der Waals surface area contributed by atoms with Gasteiger partial charge in [0.25, 0.3) is 17.4 Å². The minimum absolute atomic E-state index is 0.0210. The van der Waals surface area contributed by atoms with E-state index in [-0.39, 0.29) is 85.9 Å². The number of aromatic nitrogens is 2. The van der Waals surface area contributed by atoms with Gasteiger partial charge >= 0.3 is 0 Å². The first-order valence-electron chi connectivity index (χ1n) is 30.3. The molecule has 0 radical (unpaired) electrons. The van der Waals surface area contributed by atoms with Gasteiger partial charge in [-0.2, -0.15) is 5.10 Å². The summed E-state index contributed by atoms with van der Waals surface area (Å²) in [6, 6.07) is 24.1. The molecule has 1 aliphatic carbocycles. The van der Waals surface area contributed by atoms with Crippen LogP contribution < -0.4 is 36.3 Å². The summed E-state index contributed by atoms with van der Waals surface area (Å²) < 4.78 is 48.7. The van der Waals surface area contributed by atoms with E-state index in [1.807, 2.05) is 60.4 Å².